The van der Waals surface area contributed by atoms with Gasteiger partial charge < -0.3 is 15.5 Å². The molecular weight excluding hydrogens is 309 g/mol. The van der Waals surface area contributed by atoms with Crippen LogP contribution in [0.2, 0.25) is 0 Å². The molecule has 1 aliphatic carbocycles. The maximum Gasteiger partial charge on any atom is 0.234 e. The van der Waals surface area contributed by atoms with Crippen LogP contribution < -0.4 is 10.6 Å². The van der Waals surface area contributed by atoms with Crippen molar-refractivity contribution in [3.63, 3.8) is 0 Å². The van der Waals surface area contributed by atoms with Gasteiger partial charge in [-0.15, -0.1) is 24.8 Å². The van der Waals surface area contributed by atoms with Gasteiger partial charge in [-0.3, -0.25) is 4.79 Å². The minimum Gasteiger partial charge on any atom is -0.351 e. The lowest BCUT2D eigenvalue weighted by molar-refractivity contribution is -0.121. The van der Waals surface area contributed by atoms with E-state index in [0.29, 0.717) is 6.54 Å². The molecule has 1 amide bonds. The average Bonchev–Trinajstić information content (AvgIpc) is 3.12. The topological polar surface area (TPSA) is 44.4 Å². The Morgan fingerprint density at radius 2 is 2.00 bits per heavy atom. The van der Waals surface area contributed by atoms with Crippen molar-refractivity contribution in [2.45, 2.75) is 45.6 Å². The van der Waals surface area contributed by atoms with Crippen LogP contribution in [-0.4, -0.2) is 49.6 Å². The summed E-state index contributed by atoms with van der Waals surface area (Å²) in [5.74, 6) is 1.77. The third-order valence-corrected chi connectivity index (χ3v) is 4.10. The Kier molecular flexibility index (Phi) is 10.6. The van der Waals surface area contributed by atoms with Crippen molar-refractivity contribution in [1.29, 1.82) is 0 Å². The van der Waals surface area contributed by atoms with Gasteiger partial charge in [0.25, 0.3) is 0 Å². The molecule has 1 aliphatic heterocycles. The normalized spacial score (nSPS) is 23.6. The van der Waals surface area contributed by atoms with E-state index in [1.165, 1.54) is 38.8 Å². The van der Waals surface area contributed by atoms with Gasteiger partial charge in [0.15, 0.2) is 0 Å². The zero-order valence-electron chi connectivity index (χ0n) is 13.3. The summed E-state index contributed by atoms with van der Waals surface area (Å²) in [5.41, 5.74) is 0. The van der Waals surface area contributed by atoms with Crippen molar-refractivity contribution in [3.8, 4) is 0 Å². The fourth-order valence-electron chi connectivity index (χ4n) is 2.92. The Morgan fingerprint density at radius 1 is 1.29 bits per heavy atom. The van der Waals surface area contributed by atoms with Gasteiger partial charge in [-0.05, 0) is 57.5 Å². The summed E-state index contributed by atoms with van der Waals surface area (Å²) in [6.07, 6.45) is 5.31. The lowest BCUT2D eigenvalue weighted by atomic mass is 10.00. The number of piperidine rings is 1. The summed E-state index contributed by atoms with van der Waals surface area (Å²) < 4.78 is 0. The fraction of sp³-hybridized carbons (Fsp3) is 0.933. The first-order valence-electron chi connectivity index (χ1n) is 7.86. The summed E-state index contributed by atoms with van der Waals surface area (Å²) in [7, 11) is 0. The van der Waals surface area contributed by atoms with Crippen molar-refractivity contribution in [3.05, 3.63) is 0 Å². The number of likely N-dealkylation sites (tertiary alicyclic amines) is 1. The molecule has 1 saturated heterocycles. The summed E-state index contributed by atoms with van der Waals surface area (Å²) in [5, 5.41) is 6.33. The van der Waals surface area contributed by atoms with Crippen LogP contribution in [0.4, 0.5) is 0 Å². The number of hydrogen-bond acceptors (Lipinski definition) is 3. The predicted molar refractivity (Wildman–Crippen MR) is 92.5 cm³/mol. The second-order valence-corrected chi connectivity index (χ2v) is 6.55. The molecule has 4 nitrogen and oxygen atoms in total. The molecule has 1 saturated carbocycles. The molecule has 0 aromatic carbocycles. The van der Waals surface area contributed by atoms with Crippen molar-refractivity contribution in [1.82, 2.24) is 15.5 Å². The number of carbonyl (C=O) groups excluding carboxylic acids is 1. The van der Waals surface area contributed by atoms with Gasteiger partial charge in [0.05, 0.1) is 6.54 Å². The van der Waals surface area contributed by atoms with E-state index in [1.54, 1.807) is 0 Å². The Bertz CT molecular complexity index is 301. The third-order valence-electron chi connectivity index (χ3n) is 4.10. The zero-order chi connectivity index (χ0) is 13.7. The van der Waals surface area contributed by atoms with Gasteiger partial charge in [0.2, 0.25) is 5.91 Å². The second kappa shape index (κ2) is 10.7. The molecule has 1 heterocycles. The highest BCUT2D eigenvalue weighted by atomic mass is 35.5. The van der Waals surface area contributed by atoms with Crippen molar-refractivity contribution in [2.24, 2.45) is 11.8 Å². The van der Waals surface area contributed by atoms with Crippen molar-refractivity contribution >= 4 is 30.7 Å². The van der Waals surface area contributed by atoms with Gasteiger partial charge in [0, 0.05) is 19.1 Å². The lowest BCUT2D eigenvalue weighted by Crippen LogP contribution is -2.47. The van der Waals surface area contributed by atoms with E-state index in [9.17, 15) is 4.79 Å². The molecule has 0 bridgehead atoms. The average molecular weight is 340 g/mol. The van der Waals surface area contributed by atoms with E-state index in [4.69, 9.17) is 0 Å². The Morgan fingerprint density at radius 3 is 2.62 bits per heavy atom. The van der Waals surface area contributed by atoms with E-state index in [0.717, 1.165) is 24.9 Å². The van der Waals surface area contributed by atoms with Crippen LogP contribution in [0.25, 0.3) is 0 Å². The minimum absolute atomic E-state index is 0. The van der Waals surface area contributed by atoms with Crippen LogP contribution >= 0.6 is 24.8 Å². The van der Waals surface area contributed by atoms with Gasteiger partial charge in [-0.2, -0.15) is 0 Å². The molecule has 2 N–H and O–H groups in total. The molecule has 2 aliphatic rings. The van der Waals surface area contributed by atoms with Crippen LogP contribution in [-0.2, 0) is 4.79 Å². The van der Waals surface area contributed by atoms with Crippen LogP contribution in [0.15, 0.2) is 0 Å². The molecule has 0 radical (unpaired) electrons. The monoisotopic (exact) mass is 339 g/mol. The highest BCUT2D eigenvalue weighted by molar-refractivity contribution is 5.85. The molecule has 6 heteroatoms. The molecule has 2 unspecified atom stereocenters. The molecule has 21 heavy (non-hydrogen) atoms. The quantitative estimate of drug-likeness (QED) is 0.746. The number of carbonyl (C=O) groups is 1. The zero-order valence-corrected chi connectivity index (χ0v) is 14.9. The summed E-state index contributed by atoms with van der Waals surface area (Å²) in [6, 6.07) is 0.250. The first-order valence-corrected chi connectivity index (χ1v) is 7.86. The van der Waals surface area contributed by atoms with Crippen molar-refractivity contribution < 1.29 is 4.79 Å². The Balaban J connectivity index is 0.00000200. The SMILES string of the molecule is CC1CCCN(CC(C)NC(=O)CNCC2CC2)C1.Cl.Cl. The van der Waals surface area contributed by atoms with E-state index in [-0.39, 0.29) is 36.8 Å². The van der Waals surface area contributed by atoms with Gasteiger partial charge in [-0.25, -0.2) is 0 Å². The molecule has 2 atom stereocenters. The number of halogens is 2. The van der Waals surface area contributed by atoms with Crippen LogP contribution in [0.3, 0.4) is 0 Å². The minimum atomic E-state index is 0. The van der Waals surface area contributed by atoms with Gasteiger partial charge >= 0.3 is 0 Å². The predicted octanol–water partition coefficient (Wildman–Crippen LogP) is 2.07. The van der Waals surface area contributed by atoms with Crippen molar-refractivity contribution in [2.75, 3.05) is 32.7 Å². The Labute approximate surface area is 141 Å². The molecule has 2 rings (SSSR count). The first kappa shape index (κ1) is 21.0. The number of hydrogen-bond donors (Lipinski definition) is 2. The Hall–Kier alpha value is -0.0300. The summed E-state index contributed by atoms with van der Waals surface area (Å²) in [6.45, 7) is 9.25. The van der Waals surface area contributed by atoms with E-state index >= 15 is 0 Å². The molecule has 0 spiro atoms. The third kappa shape index (κ3) is 8.87. The summed E-state index contributed by atoms with van der Waals surface area (Å²) >= 11 is 0. The van der Waals surface area contributed by atoms with Gasteiger partial charge in [0.1, 0.15) is 0 Å². The second-order valence-electron chi connectivity index (χ2n) is 6.55. The highest BCUT2D eigenvalue weighted by Crippen LogP contribution is 2.27. The lowest BCUT2D eigenvalue weighted by Gasteiger charge is -2.32. The van der Waals surface area contributed by atoms with Crippen LogP contribution in [0.5, 0.6) is 0 Å². The molecule has 0 aromatic heterocycles. The van der Waals surface area contributed by atoms with E-state index in [1.807, 2.05) is 0 Å². The fourth-order valence-corrected chi connectivity index (χ4v) is 2.92. The standard InChI is InChI=1S/C15H29N3O.2ClH/c1-12-4-3-7-18(10-12)11-13(2)17-15(19)9-16-8-14-5-6-14;;/h12-14,16H,3-11H2,1-2H3,(H,17,19);2*1H. The maximum atomic E-state index is 11.8. The first-order chi connectivity index (χ1) is 9.13. The van der Waals surface area contributed by atoms with E-state index < -0.39 is 0 Å². The molecule has 0 aromatic rings. The summed E-state index contributed by atoms with van der Waals surface area (Å²) in [4.78, 5) is 14.3. The van der Waals surface area contributed by atoms with E-state index in [2.05, 4.69) is 29.4 Å². The molecule has 2 fully saturated rings. The molecule has 126 valence electrons. The highest BCUT2D eigenvalue weighted by Gasteiger charge is 2.21. The largest absolute Gasteiger partial charge is 0.351 e. The smallest absolute Gasteiger partial charge is 0.234 e. The van der Waals surface area contributed by atoms with Crippen LogP contribution in [0.1, 0.15) is 39.5 Å². The van der Waals surface area contributed by atoms with Gasteiger partial charge in [-0.1, -0.05) is 6.92 Å². The molecular formula is C15H31Cl2N3O. The number of amides is 1. The number of nitrogens with zero attached hydrogens (tertiary/aromatic N) is 1. The maximum absolute atomic E-state index is 11.8. The number of nitrogens with one attached hydrogen (secondary N) is 2. The number of rotatable bonds is 7. The van der Waals surface area contributed by atoms with Crippen LogP contribution in [0, 0.1) is 11.8 Å².